The first-order chi connectivity index (χ1) is 24.2. The van der Waals surface area contributed by atoms with E-state index >= 15 is 0 Å². The van der Waals surface area contributed by atoms with E-state index in [1.165, 1.54) is 0 Å². The van der Waals surface area contributed by atoms with Crippen LogP contribution in [0.2, 0.25) is 0 Å². The smallest absolute Gasteiger partial charge is 0.168 e. The summed E-state index contributed by atoms with van der Waals surface area (Å²) in [7, 11) is 8.52. The number of benzene rings is 4. The van der Waals surface area contributed by atoms with Crippen LogP contribution in [0.25, 0.3) is 21.9 Å². The number of Topliss-reactive ketones (excluding diaryl/α,β-unsaturated/α-hetero) is 1. The number of hydrogen-bond acceptors (Lipinski definition) is 11. The SMILES string of the molecule is CNCc1cc(O)cc(C(NC)OC2CC(=O)CCc3ccc(O)c(OC)c3-c3ccc4ccc(O)cc4c3C3CCC2CC(O)CSS3)c1. The molecule has 11 heteroatoms. The molecular weight excluding hydrogens is 673 g/mol. The fraction of sp³-hybridized carbons (Fsp3) is 0.410. The van der Waals surface area contributed by atoms with E-state index in [2.05, 4.69) is 16.7 Å². The Morgan fingerprint density at radius 1 is 0.960 bits per heavy atom. The van der Waals surface area contributed by atoms with Gasteiger partial charge >= 0.3 is 0 Å². The highest BCUT2D eigenvalue weighted by Crippen LogP contribution is 2.53. The number of methoxy groups -OCH3 is 1. The number of rotatable bonds is 7. The van der Waals surface area contributed by atoms with Gasteiger partial charge in [-0.05, 0) is 115 Å². The van der Waals surface area contributed by atoms with Gasteiger partial charge in [-0.3, -0.25) is 10.1 Å². The molecule has 0 saturated carbocycles. The van der Waals surface area contributed by atoms with Crippen LogP contribution in [-0.4, -0.2) is 65.4 Å². The van der Waals surface area contributed by atoms with Crippen molar-refractivity contribution in [1.82, 2.24) is 10.6 Å². The summed E-state index contributed by atoms with van der Waals surface area (Å²) in [6.07, 6.45) is 0.982. The third kappa shape index (κ3) is 8.03. The first-order valence-corrected chi connectivity index (χ1v) is 19.5. The Labute approximate surface area is 301 Å². The molecule has 9 nitrogen and oxygen atoms in total. The van der Waals surface area contributed by atoms with Crippen LogP contribution in [0.4, 0.5) is 0 Å². The van der Waals surface area contributed by atoms with E-state index < -0.39 is 18.4 Å². The number of aromatic hydroxyl groups is 3. The molecular formula is C39H46N2O7S2. The van der Waals surface area contributed by atoms with Crippen LogP contribution >= 0.6 is 21.6 Å². The normalized spacial score (nSPS) is 22.2. The molecule has 6 N–H and O–H groups in total. The van der Waals surface area contributed by atoms with E-state index in [-0.39, 0.29) is 47.0 Å². The fourth-order valence-electron chi connectivity index (χ4n) is 7.47. The van der Waals surface area contributed by atoms with E-state index in [0.717, 1.165) is 44.2 Å². The molecule has 6 rings (SSSR count). The second-order valence-corrected chi connectivity index (χ2v) is 15.8. The van der Waals surface area contributed by atoms with Gasteiger partial charge in [-0.2, -0.15) is 0 Å². The van der Waals surface area contributed by atoms with Crippen molar-refractivity contribution in [2.75, 3.05) is 27.0 Å². The van der Waals surface area contributed by atoms with Crippen molar-refractivity contribution < 1.29 is 34.7 Å². The molecule has 5 unspecified atom stereocenters. The van der Waals surface area contributed by atoms with Gasteiger partial charge in [0, 0.05) is 36.0 Å². The summed E-state index contributed by atoms with van der Waals surface area (Å²) < 4.78 is 12.7. The highest BCUT2D eigenvalue weighted by atomic mass is 33.1. The van der Waals surface area contributed by atoms with E-state index in [1.807, 2.05) is 31.3 Å². The largest absolute Gasteiger partial charge is 0.508 e. The minimum atomic E-state index is -0.602. The van der Waals surface area contributed by atoms with Gasteiger partial charge in [-0.25, -0.2) is 0 Å². The number of aliphatic hydroxyl groups excluding tert-OH is 1. The van der Waals surface area contributed by atoms with E-state index in [4.69, 9.17) is 9.47 Å². The van der Waals surface area contributed by atoms with Crippen molar-refractivity contribution in [1.29, 1.82) is 0 Å². The average Bonchev–Trinajstić information content (AvgIpc) is 3.18. The van der Waals surface area contributed by atoms with Gasteiger partial charge in [0.25, 0.3) is 0 Å². The number of hydrogen-bond donors (Lipinski definition) is 6. The van der Waals surface area contributed by atoms with Gasteiger partial charge in [-0.15, -0.1) is 0 Å². The number of ketones is 1. The van der Waals surface area contributed by atoms with Gasteiger partial charge in [-0.1, -0.05) is 51.9 Å². The van der Waals surface area contributed by atoms with Gasteiger partial charge < -0.3 is 35.2 Å². The Morgan fingerprint density at radius 3 is 2.56 bits per heavy atom. The molecule has 0 spiro atoms. The summed E-state index contributed by atoms with van der Waals surface area (Å²) in [5.74, 6) is 1.05. The number of carbonyl (C=O) groups excluding carboxylic acids is 1. The standard InChI is InChI=1S/C39H46N2O7S2/c1-40-20-22-14-26(17-29(44)15-22)39(41-2)48-34-19-28(43)10-5-24-7-12-33(46)38(47-3)36(24)31-11-6-23-4-9-27(42)18-32(23)37(31)35-13-8-25(34)16-30(45)21-49-50-35/h4,6-7,9,11-12,14-15,17-18,25,30,34-35,39-42,44-46H,5,8,10,13,16,19-21H2,1-3H3. The number of fused-ring (bicyclic) bond motifs is 9. The summed E-state index contributed by atoms with van der Waals surface area (Å²) in [5, 5.41) is 51.7. The Balaban J connectivity index is 1.49. The number of nitrogens with one attached hydrogen (secondary N) is 2. The molecule has 1 fully saturated rings. The molecule has 0 amide bonds. The van der Waals surface area contributed by atoms with Gasteiger partial charge in [0.15, 0.2) is 11.5 Å². The highest BCUT2D eigenvalue weighted by molar-refractivity contribution is 8.76. The van der Waals surface area contributed by atoms with Crippen molar-refractivity contribution in [3.63, 3.8) is 0 Å². The van der Waals surface area contributed by atoms with Gasteiger partial charge in [0.05, 0.1) is 19.3 Å². The Bertz CT molecular complexity index is 1840. The van der Waals surface area contributed by atoms with Crippen LogP contribution in [-0.2, 0) is 22.5 Å². The Kier molecular flexibility index (Phi) is 11.8. The summed E-state index contributed by atoms with van der Waals surface area (Å²) in [6, 6.07) is 18.3. The summed E-state index contributed by atoms with van der Waals surface area (Å²) in [6.45, 7) is 0.573. The van der Waals surface area contributed by atoms with E-state index in [9.17, 15) is 25.2 Å². The fourth-order valence-corrected chi connectivity index (χ4v) is 10.4. The first-order valence-electron chi connectivity index (χ1n) is 17.1. The molecule has 0 aromatic heterocycles. The zero-order valence-corrected chi connectivity index (χ0v) is 30.3. The molecule has 0 radical (unpaired) electrons. The van der Waals surface area contributed by atoms with Gasteiger partial charge in [0.2, 0.25) is 0 Å². The summed E-state index contributed by atoms with van der Waals surface area (Å²) in [5.41, 5.74) is 5.18. The number of aryl methyl sites for hydroxylation is 1. The maximum atomic E-state index is 13.9. The number of aliphatic hydroxyl groups is 1. The van der Waals surface area contributed by atoms with Crippen molar-refractivity contribution in [2.45, 2.75) is 68.8 Å². The molecule has 50 heavy (non-hydrogen) atoms. The predicted octanol–water partition coefficient (Wildman–Crippen LogP) is 7.14. The number of ether oxygens (including phenoxy) is 2. The Morgan fingerprint density at radius 2 is 1.78 bits per heavy atom. The minimum Gasteiger partial charge on any atom is -0.508 e. The third-order valence-electron chi connectivity index (χ3n) is 9.77. The average molecular weight is 719 g/mol. The molecule has 1 aliphatic heterocycles. The predicted molar refractivity (Wildman–Crippen MR) is 201 cm³/mol. The lowest BCUT2D eigenvalue weighted by Gasteiger charge is -2.32. The molecule has 1 heterocycles. The maximum absolute atomic E-state index is 13.9. The van der Waals surface area contributed by atoms with Crippen LogP contribution in [0.1, 0.15) is 65.8 Å². The summed E-state index contributed by atoms with van der Waals surface area (Å²) >= 11 is 0. The minimum absolute atomic E-state index is 0.0138. The van der Waals surface area contributed by atoms with Crippen LogP contribution in [0, 0.1) is 5.92 Å². The first kappa shape index (κ1) is 36.3. The molecule has 2 bridgehead atoms. The molecule has 2 aliphatic rings. The second-order valence-electron chi connectivity index (χ2n) is 13.2. The molecule has 4 aromatic rings. The Hall–Kier alpha value is -3.45. The summed E-state index contributed by atoms with van der Waals surface area (Å²) in [4.78, 5) is 13.9. The lowest BCUT2D eigenvalue weighted by Crippen LogP contribution is -2.35. The second kappa shape index (κ2) is 16.3. The zero-order chi connectivity index (χ0) is 35.4. The number of carbonyl (C=O) groups is 1. The maximum Gasteiger partial charge on any atom is 0.168 e. The molecule has 4 aromatic carbocycles. The van der Waals surface area contributed by atoms with Crippen molar-refractivity contribution >= 4 is 38.1 Å². The van der Waals surface area contributed by atoms with E-state index in [0.29, 0.717) is 43.7 Å². The highest BCUT2D eigenvalue weighted by Gasteiger charge is 2.34. The third-order valence-corrected chi connectivity index (χ3v) is 12.6. The lowest BCUT2D eigenvalue weighted by atomic mass is 9.85. The number of phenolic OH excluding ortho intramolecular Hbond substituents is 3. The molecule has 5 atom stereocenters. The quantitative estimate of drug-likeness (QED) is 0.0858. The van der Waals surface area contributed by atoms with Crippen molar-refractivity contribution in [3.05, 3.63) is 82.9 Å². The van der Waals surface area contributed by atoms with E-state index in [1.54, 1.807) is 66.1 Å². The van der Waals surface area contributed by atoms with Crippen LogP contribution in [0.5, 0.6) is 23.0 Å². The molecule has 266 valence electrons. The molecule has 1 saturated heterocycles. The van der Waals surface area contributed by atoms with Crippen molar-refractivity contribution in [2.24, 2.45) is 5.92 Å². The van der Waals surface area contributed by atoms with Crippen LogP contribution < -0.4 is 15.4 Å². The van der Waals surface area contributed by atoms with Gasteiger partial charge in [0.1, 0.15) is 23.5 Å². The topological polar surface area (TPSA) is 141 Å². The monoisotopic (exact) mass is 718 g/mol. The van der Waals surface area contributed by atoms with Crippen molar-refractivity contribution in [3.8, 4) is 34.1 Å². The lowest BCUT2D eigenvalue weighted by molar-refractivity contribution is -0.127. The van der Waals surface area contributed by atoms with Crippen LogP contribution in [0.3, 0.4) is 0 Å². The van der Waals surface area contributed by atoms with Crippen LogP contribution in [0.15, 0.2) is 60.7 Å². The zero-order valence-electron chi connectivity index (χ0n) is 28.6. The molecule has 1 aliphatic carbocycles. The number of phenols is 3.